The Hall–Kier alpha value is -3.18. The Morgan fingerprint density at radius 2 is 1.77 bits per heavy atom. The highest BCUT2D eigenvalue weighted by molar-refractivity contribution is 7.13. The van der Waals surface area contributed by atoms with Crippen LogP contribution in [0.3, 0.4) is 0 Å². The van der Waals surface area contributed by atoms with Crippen LogP contribution in [0.25, 0.3) is 16.1 Å². The molecule has 2 aromatic heterocycles. The molecule has 4 rings (SSSR count). The number of hydrogen-bond acceptors (Lipinski definition) is 3. The van der Waals surface area contributed by atoms with Crippen LogP contribution in [-0.4, -0.2) is 15.7 Å². The number of carbonyl (C=O) groups is 1. The summed E-state index contributed by atoms with van der Waals surface area (Å²) in [5.74, 6) is -0.159. The summed E-state index contributed by atoms with van der Waals surface area (Å²) in [7, 11) is 0. The van der Waals surface area contributed by atoms with Gasteiger partial charge in [-0.25, -0.2) is 4.68 Å². The van der Waals surface area contributed by atoms with Crippen LogP contribution in [0.4, 0.5) is 5.69 Å². The molecule has 2 heterocycles. The van der Waals surface area contributed by atoms with Crippen molar-refractivity contribution in [3.05, 3.63) is 89.6 Å². The third kappa shape index (κ3) is 3.05. The van der Waals surface area contributed by atoms with Crippen LogP contribution < -0.4 is 5.32 Å². The van der Waals surface area contributed by atoms with Gasteiger partial charge in [0.1, 0.15) is 0 Å². The fourth-order valence-electron chi connectivity index (χ4n) is 2.89. The maximum Gasteiger partial charge on any atom is 0.259 e. The largest absolute Gasteiger partial charge is 0.321 e. The molecule has 4 nitrogen and oxygen atoms in total. The highest BCUT2D eigenvalue weighted by Crippen LogP contribution is 2.31. The molecule has 0 aliphatic rings. The molecule has 0 fully saturated rings. The highest BCUT2D eigenvalue weighted by atomic mass is 32.1. The molecule has 2 aromatic carbocycles. The van der Waals surface area contributed by atoms with Crippen molar-refractivity contribution in [2.45, 2.75) is 6.92 Å². The van der Waals surface area contributed by atoms with E-state index in [-0.39, 0.29) is 5.91 Å². The lowest BCUT2D eigenvalue weighted by molar-refractivity contribution is 0.102. The smallest absolute Gasteiger partial charge is 0.259 e. The number of hydrogen-bond donors (Lipinski definition) is 1. The number of amides is 1. The summed E-state index contributed by atoms with van der Waals surface area (Å²) in [5, 5.41) is 9.44. The van der Waals surface area contributed by atoms with Gasteiger partial charge < -0.3 is 5.32 Å². The second-order valence-corrected chi connectivity index (χ2v) is 6.82. The first-order valence-electron chi connectivity index (χ1n) is 8.28. The molecule has 1 N–H and O–H groups in total. The van der Waals surface area contributed by atoms with Crippen molar-refractivity contribution in [2.75, 3.05) is 5.32 Å². The lowest BCUT2D eigenvalue weighted by atomic mass is 10.1. The number of thiophene rings is 1. The molecule has 0 atom stereocenters. The first kappa shape index (κ1) is 16.3. The van der Waals surface area contributed by atoms with E-state index in [0.717, 1.165) is 27.5 Å². The average Bonchev–Trinajstić information content (AvgIpc) is 3.33. The molecule has 4 aromatic rings. The van der Waals surface area contributed by atoms with Crippen molar-refractivity contribution in [2.24, 2.45) is 0 Å². The summed E-state index contributed by atoms with van der Waals surface area (Å²) in [6.45, 7) is 1.90. The van der Waals surface area contributed by atoms with Crippen molar-refractivity contribution in [3.8, 4) is 16.1 Å². The van der Waals surface area contributed by atoms with Gasteiger partial charge >= 0.3 is 0 Å². The van der Waals surface area contributed by atoms with E-state index in [1.54, 1.807) is 22.2 Å². The zero-order valence-corrected chi connectivity index (χ0v) is 15.0. The van der Waals surface area contributed by atoms with Crippen LogP contribution in [-0.2, 0) is 0 Å². The normalized spacial score (nSPS) is 10.7. The zero-order chi connectivity index (χ0) is 17.9. The molecule has 128 valence electrons. The summed E-state index contributed by atoms with van der Waals surface area (Å²) in [6.07, 6.45) is 1.62. The van der Waals surface area contributed by atoms with Crippen molar-refractivity contribution in [3.63, 3.8) is 0 Å². The summed E-state index contributed by atoms with van der Waals surface area (Å²) in [5.41, 5.74) is 4.12. The first-order chi connectivity index (χ1) is 12.7. The van der Waals surface area contributed by atoms with E-state index in [1.807, 2.05) is 79.0 Å². The number of rotatable bonds is 4. The number of nitrogens with zero attached hydrogens (tertiary/aromatic N) is 2. The van der Waals surface area contributed by atoms with Crippen molar-refractivity contribution >= 4 is 22.9 Å². The van der Waals surface area contributed by atoms with Crippen molar-refractivity contribution in [1.82, 2.24) is 9.78 Å². The zero-order valence-electron chi connectivity index (χ0n) is 14.2. The molecule has 26 heavy (non-hydrogen) atoms. The fraction of sp³-hybridized carbons (Fsp3) is 0.0476. The lowest BCUT2D eigenvalue weighted by Crippen LogP contribution is -2.13. The lowest BCUT2D eigenvalue weighted by Gasteiger charge is -2.10. The average molecular weight is 359 g/mol. The van der Waals surface area contributed by atoms with E-state index < -0.39 is 0 Å². The van der Waals surface area contributed by atoms with Crippen LogP contribution in [0.2, 0.25) is 0 Å². The summed E-state index contributed by atoms with van der Waals surface area (Å²) < 4.78 is 1.78. The van der Waals surface area contributed by atoms with E-state index in [2.05, 4.69) is 10.4 Å². The maximum atomic E-state index is 12.8. The summed E-state index contributed by atoms with van der Waals surface area (Å²) >= 11 is 1.65. The Balaban J connectivity index is 1.64. The van der Waals surface area contributed by atoms with Gasteiger partial charge in [0.25, 0.3) is 5.91 Å². The Kier molecular flexibility index (Phi) is 4.37. The monoisotopic (exact) mass is 359 g/mol. The topological polar surface area (TPSA) is 46.9 Å². The third-order valence-corrected chi connectivity index (χ3v) is 5.12. The molecule has 0 unspecified atom stereocenters. The van der Waals surface area contributed by atoms with Crippen molar-refractivity contribution in [1.29, 1.82) is 0 Å². The van der Waals surface area contributed by atoms with Gasteiger partial charge in [0, 0.05) is 16.1 Å². The molecular formula is C21H17N3OS. The van der Waals surface area contributed by atoms with Gasteiger partial charge in [0.15, 0.2) is 0 Å². The van der Waals surface area contributed by atoms with Gasteiger partial charge in [-0.05, 0) is 36.6 Å². The maximum absolute atomic E-state index is 12.8. The van der Waals surface area contributed by atoms with Gasteiger partial charge in [0.2, 0.25) is 0 Å². The van der Waals surface area contributed by atoms with E-state index in [9.17, 15) is 4.79 Å². The number of carbonyl (C=O) groups excluding carboxylic acids is 1. The van der Waals surface area contributed by atoms with Gasteiger partial charge in [-0.1, -0.05) is 42.5 Å². The highest BCUT2D eigenvalue weighted by Gasteiger charge is 2.17. The summed E-state index contributed by atoms with van der Waals surface area (Å²) in [4.78, 5) is 14.0. The van der Waals surface area contributed by atoms with Crippen LogP contribution in [0.15, 0.2) is 78.3 Å². The Bertz CT molecular complexity index is 1040. The number of aromatic nitrogens is 2. The molecular weight excluding hydrogens is 342 g/mol. The molecule has 0 radical (unpaired) electrons. The Morgan fingerprint density at radius 1 is 1.00 bits per heavy atom. The molecule has 1 amide bonds. The second kappa shape index (κ2) is 6.98. The third-order valence-electron chi connectivity index (χ3n) is 4.22. The summed E-state index contributed by atoms with van der Waals surface area (Å²) in [6, 6.07) is 21.7. The molecule has 0 spiro atoms. The van der Waals surface area contributed by atoms with Gasteiger partial charge in [-0.2, -0.15) is 5.10 Å². The minimum atomic E-state index is -0.159. The number of nitrogens with one attached hydrogen (secondary N) is 1. The minimum Gasteiger partial charge on any atom is -0.321 e. The Morgan fingerprint density at radius 3 is 2.54 bits per heavy atom. The SMILES string of the molecule is Cc1c(C(=O)Nc2ccccc2-c2cccs2)cnn1-c1ccccc1. The number of anilines is 1. The van der Waals surface area contributed by atoms with Crippen LogP contribution in [0, 0.1) is 6.92 Å². The van der Waals surface area contributed by atoms with E-state index in [1.165, 1.54) is 0 Å². The minimum absolute atomic E-state index is 0.159. The fourth-order valence-corrected chi connectivity index (χ4v) is 3.66. The Labute approximate surface area is 155 Å². The molecule has 0 aliphatic heterocycles. The predicted octanol–water partition coefficient (Wildman–Crippen LogP) is 5.16. The first-order valence-corrected chi connectivity index (χ1v) is 9.16. The molecule has 5 heteroatoms. The number of benzene rings is 2. The van der Waals surface area contributed by atoms with E-state index in [0.29, 0.717) is 5.56 Å². The second-order valence-electron chi connectivity index (χ2n) is 5.87. The van der Waals surface area contributed by atoms with Crippen LogP contribution >= 0.6 is 11.3 Å². The van der Waals surface area contributed by atoms with Crippen LogP contribution in [0.1, 0.15) is 16.1 Å². The number of para-hydroxylation sites is 2. The molecule has 0 bridgehead atoms. The van der Waals surface area contributed by atoms with E-state index >= 15 is 0 Å². The van der Waals surface area contributed by atoms with Crippen molar-refractivity contribution < 1.29 is 4.79 Å². The van der Waals surface area contributed by atoms with Crippen LogP contribution in [0.5, 0.6) is 0 Å². The predicted molar refractivity (Wildman–Crippen MR) is 106 cm³/mol. The molecule has 0 saturated heterocycles. The standard InChI is InChI=1S/C21H17N3OS/c1-15-18(14-22-24(15)16-8-3-2-4-9-16)21(25)23-19-11-6-5-10-17(19)20-12-7-13-26-20/h2-14H,1H3,(H,23,25). The molecule has 0 saturated carbocycles. The van der Waals surface area contributed by atoms with E-state index in [4.69, 9.17) is 0 Å². The quantitative estimate of drug-likeness (QED) is 0.547. The van der Waals surface area contributed by atoms with Gasteiger partial charge in [-0.3, -0.25) is 4.79 Å². The van der Waals surface area contributed by atoms with Gasteiger partial charge in [0.05, 0.1) is 23.1 Å². The van der Waals surface area contributed by atoms with Gasteiger partial charge in [-0.15, -0.1) is 11.3 Å². The molecule has 0 aliphatic carbocycles.